The largest absolute Gasteiger partial charge is 0.468 e. The summed E-state index contributed by atoms with van der Waals surface area (Å²) >= 11 is 0. The highest BCUT2D eigenvalue weighted by Crippen LogP contribution is 2.27. The van der Waals surface area contributed by atoms with Gasteiger partial charge < -0.3 is 9.73 Å². The molecule has 27 heavy (non-hydrogen) atoms. The van der Waals surface area contributed by atoms with E-state index in [-0.39, 0.29) is 11.9 Å². The van der Waals surface area contributed by atoms with Gasteiger partial charge in [0.15, 0.2) is 0 Å². The molecule has 0 amide bonds. The van der Waals surface area contributed by atoms with Crippen LogP contribution in [0.1, 0.15) is 24.6 Å². The third kappa shape index (κ3) is 3.28. The van der Waals surface area contributed by atoms with E-state index in [1.165, 1.54) is 10.6 Å². The van der Waals surface area contributed by atoms with Crippen molar-refractivity contribution in [3.63, 3.8) is 0 Å². The topological polar surface area (TPSA) is 106 Å². The van der Waals surface area contributed by atoms with Crippen LogP contribution in [0.3, 0.4) is 0 Å². The Kier molecular flexibility index (Phi) is 4.59. The standard InChI is InChI=1S/C18H19N5O4/c24-18-16(23(25)26)17(20-15-7-1-2-10-22(15)18)19-12-13(14-6-5-11-27-14)21-8-3-4-9-21/h1-2,5-7,10-11,13,19H,3-4,8-9,12H2. The van der Waals surface area contributed by atoms with Crippen molar-refractivity contribution in [3.8, 4) is 0 Å². The van der Waals surface area contributed by atoms with Gasteiger partial charge in [0.25, 0.3) is 0 Å². The molecule has 9 heteroatoms. The summed E-state index contributed by atoms with van der Waals surface area (Å²) in [5.74, 6) is 0.761. The number of furan rings is 1. The summed E-state index contributed by atoms with van der Waals surface area (Å²) in [4.78, 5) is 29.9. The van der Waals surface area contributed by atoms with Crippen LogP contribution in [-0.2, 0) is 0 Å². The van der Waals surface area contributed by atoms with Crippen LogP contribution < -0.4 is 10.9 Å². The molecule has 0 saturated carbocycles. The number of rotatable bonds is 6. The van der Waals surface area contributed by atoms with Gasteiger partial charge in [-0.3, -0.25) is 24.2 Å². The number of hydrogen-bond donors (Lipinski definition) is 1. The molecule has 3 aromatic heterocycles. The van der Waals surface area contributed by atoms with Gasteiger partial charge in [-0.05, 0) is 50.2 Å². The molecule has 0 bridgehead atoms. The van der Waals surface area contributed by atoms with E-state index in [1.54, 1.807) is 24.5 Å². The highest BCUT2D eigenvalue weighted by atomic mass is 16.6. The summed E-state index contributed by atoms with van der Waals surface area (Å²) in [6, 6.07) is 8.63. The fourth-order valence-electron chi connectivity index (χ4n) is 3.50. The van der Waals surface area contributed by atoms with Gasteiger partial charge in [-0.2, -0.15) is 0 Å². The third-order valence-corrected chi connectivity index (χ3v) is 4.81. The van der Waals surface area contributed by atoms with Crippen molar-refractivity contribution in [2.75, 3.05) is 25.0 Å². The Balaban J connectivity index is 1.68. The van der Waals surface area contributed by atoms with Gasteiger partial charge in [-0.15, -0.1) is 0 Å². The quantitative estimate of drug-likeness (QED) is 0.525. The highest BCUT2D eigenvalue weighted by Gasteiger charge is 2.28. The van der Waals surface area contributed by atoms with Crippen LogP contribution in [0.25, 0.3) is 5.65 Å². The van der Waals surface area contributed by atoms with Gasteiger partial charge in [0.2, 0.25) is 5.82 Å². The molecule has 0 aliphatic carbocycles. The summed E-state index contributed by atoms with van der Waals surface area (Å²) in [5.41, 5.74) is -0.909. The van der Waals surface area contributed by atoms with E-state index in [9.17, 15) is 14.9 Å². The second-order valence-electron chi connectivity index (χ2n) is 6.46. The first-order valence-electron chi connectivity index (χ1n) is 8.82. The first-order chi connectivity index (χ1) is 13.1. The molecule has 0 radical (unpaired) electrons. The fourth-order valence-corrected chi connectivity index (χ4v) is 3.50. The Morgan fingerprint density at radius 2 is 2.07 bits per heavy atom. The van der Waals surface area contributed by atoms with Crippen LogP contribution in [0, 0.1) is 10.1 Å². The first-order valence-corrected chi connectivity index (χ1v) is 8.82. The maximum Gasteiger partial charge on any atom is 0.376 e. The average Bonchev–Trinajstić information content (AvgIpc) is 3.36. The normalized spacial score (nSPS) is 15.9. The molecule has 1 unspecified atom stereocenters. The number of aromatic nitrogens is 2. The van der Waals surface area contributed by atoms with E-state index in [2.05, 4.69) is 15.2 Å². The summed E-state index contributed by atoms with van der Waals surface area (Å²) in [6.45, 7) is 2.22. The van der Waals surface area contributed by atoms with E-state index in [1.807, 2.05) is 12.1 Å². The molecule has 1 atom stereocenters. The SMILES string of the molecule is O=c1c([N+](=O)[O-])c(NCC(c2ccco2)N2CCCC2)nc2ccccn12. The molecular weight excluding hydrogens is 350 g/mol. The Morgan fingerprint density at radius 1 is 1.26 bits per heavy atom. The molecule has 0 spiro atoms. The zero-order valence-electron chi connectivity index (χ0n) is 14.6. The molecule has 1 N–H and O–H groups in total. The molecule has 9 nitrogen and oxygen atoms in total. The van der Waals surface area contributed by atoms with E-state index in [0.29, 0.717) is 12.2 Å². The van der Waals surface area contributed by atoms with Crippen LogP contribution in [0.4, 0.5) is 11.5 Å². The number of nitrogens with zero attached hydrogens (tertiary/aromatic N) is 4. The molecule has 3 aromatic rings. The predicted octanol–water partition coefficient (Wildman–Crippen LogP) is 2.44. The van der Waals surface area contributed by atoms with Crippen molar-refractivity contribution < 1.29 is 9.34 Å². The lowest BCUT2D eigenvalue weighted by Crippen LogP contribution is -2.31. The van der Waals surface area contributed by atoms with Gasteiger partial charge in [0.1, 0.15) is 11.4 Å². The Hall–Kier alpha value is -3.20. The van der Waals surface area contributed by atoms with Crippen molar-refractivity contribution in [3.05, 3.63) is 69.0 Å². The van der Waals surface area contributed by atoms with Gasteiger partial charge >= 0.3 is 11.2 Å². The van der Waals surface area contributed by atoms with Crippen LogP contribution in [0.2, 0.25) is 0 Å². The van der Waals surface area contributed by atoms with Crippen LogP contribution in [-0.4, -0.2) is 38.8 Å². The lowest BCUT2D eigenvalue weighted by Gasteiger charge is -2.26. The number of nitrogens with one attached hydrogen (secondary N) is 1. The molecule has 4 heterocycles. The number of nitro groups is 1. The van der Waals surface area contributed by atoms with E-state index in [0.717, 1.165) is 31.7 Å². The second kappa shape index (κ2) is 7.20. The second-order valence-corrected chi connectivity index (χ2v) is 6.46. The lowest BCUT2D eigenvalue weighted by molar-refractivity contribution is -0.385. The van der Waals surface area contributed by atoms with Gasteiger partial charge in [0, 0.05) is 12.7 Å². The van der Waals surface area contributed by atoms with Gasteiger partial charge in [-0.1, -0.05) is 6.07 Å². The van der Waals surface area contributed by atoms with Gasteiger partial charge in [-0.25, -0.2) is 4.98 Å². The molecular formula is C18H19N5O4. The Labute approximate surface area is 154 Å². The van der Waals surface area contributed by atoms with Crippen molar-refractivity contribution in [1.29, 1.82) is 0 Å². The minimum Gasteiger partial charge on any atom is -0.468 e. The average molecular weight is 369 g/mol. The summed E-state index contributed by atoms with van der Waals surface area (Å²) < 4.78 is 6.74. The minimum atomic E-state index is -0.705. The maximum absolute atomic E-state index is 12.5. The maximum atomic E-state index is 12.5. The smallest absolute Gasteiger partial charge is 0.376 e. The third-order valence-electron chi connectivity index (χ3n) is 4.81. The zero-order chi connectivity index (χ0) is 18.8. The summed E-state index contributed by atoms with van der Waals surface area (Å²) in [6.07, 6.45) is 5.29. The predicted molar refractivity (Wildman–Crippen MR) is 98.9 cm³/mol. The van der Waals surface area contributed by atoms with Gasteiger partial charge in [0.05, 0.1) is 17.2 Å². The van der Waals surface area contributed by atoms with Crippen LogP contribution >= 0.6 is 0 Å². The Morgan fingerprint density at radius 3 is 2.78 bits per heavy atom. The number of hydrogen-bond acceptors (Lipinski definition) is 7. The number of fused-ring (bicyclic) bond motifs is 1. The first kappa shape index (κ1) is 17.2. The Bertz CT molecular complexity index is 1010. The number of likely N-dealkylation sites (tertiary alicyclic amines) is 1. The fraction of sp³-hybridized carbons (Fsp3) is 0.333. The summed E-state index contributed by atoms with van der Waals surface area (Å²) in [7, 11) is 0. The molecule has 1 saturated heterocycles. The zero-order valence-corrected chi connectivity index (χ0v) is 14.6. The van der Waals surface area contributed by atoms with Crippen molar-refractivity contribution in [2.45, 2.75) is 18.9 Å². The number of pyridine rings is 1. The van der Waals surface area contributed by atoms with E-state index in [4.69, 9.17) is 4.42 Å². The van der Waals surface area contributed by atoms with E-state index < -0.39 is 16.2 Å². The van der Waals surface area contributed by atoms with Crippen molar-refractivity contribution >= 4 is 17.2 Å². The molecule has 1 fully saturated rings. The molecule has 140 valence electrons. The van der Waals surface area contributed by atoms with Crippen LogP contribution in [0.5, 0.6) is 0 Å². The van der Waals surface area contributed by atoms with E-state index >= 15 is 0 Å². The summed E-state index contributed by atoms with van der Waals surface area (Å²) in [5, 5.41) is 14.5. The molecule has 4 rings (SSSR count). The molecule has 0 aromatic carbocycles. The monoisotopic (exact) mass is 369 g/mol. The molecule has 1 aliphatic rings. The van der Waals surface area contributed by atoms with Crippen LogP contribution in [0.15, 0.2) is 52.0 Å². The highest BCUT2D eigenvalue weighted by molar-refractivity contribution is 5.59. The van der Waals surface area contributed by atoms with Crippen molar-refractivity contribution in [1.82, 2.24) is 14.3 Å². The number of anilines is 1. The van der Waals surface area contributed by atoms with Crippen molar-refractivity contribution in [2.24, 2.45) is 0 Å². The lowest BCUT2D eigenvalue weighted by atomic mass is 10.2. The molecule has 1 aliphatic heterocycles. The minimum absolute atomic E-state index is 0.0213.